The highest BCUT2D eigenvalue weighted by molar-refractivity contribution is 7.89. The molecule has 0 aliphatic rings. The quantitative estimate of drug-likeness (QED) is 0.619. The fraction of sp³-hybridized carbons (Fsp3) is 0.200. The van der Waals surface area contributed by atoms with E-state index < -0.39 is 28.4 Å². The summed E-state index contributed by atoms with van der Waals surface area (Å²) in [6.45, 7) is -0.486. The number of benzene rings is 1. The minimum Gasteiger partial charge on any atom is -0.454 e. The van der Waals surface area contributed by atoms with Crippen LogP contribution in [-0.2, 0) is 14.8 Å². The van der Waals surface area contributed by atoms with Crippen molar-refractivity contribution in [3.63, 3.8) is 0 Å². The first-order chi connectivity index (χ1) is 11.2. The van der Waals surface area contributed by atoms with E-state index in [1.807, 2.05) is 0 Å². The summed E-state index contributed by atoms with van der Waals surface area (Å²) in [5, 5.41) is 0.0324. The van der Waals surface area contributed by atoms with Crippen LogP contribution in [0.2, 0.25) is 5.02 Å². The summed E-state index contributed by atoms with van der Waals surface area (Å²) < 4.78 is 30.2. The molecule has 128 valence electrons. The van der Waals surface area contributed by atoms with Crippen molar-refractivity contribution in [2.45, 2.75) is 4.90 Å². The van der Waals surface area contributed by atoms with Crippen molar-refractivity contribution in [1.82, 2.24) is 9.29 Å². The molecule has 0 unspecified atom stereocenters. The molecule has 0 saturated heterocycles. The maximum atomic E-state index is 12.1. The number of Topliss-reactive ketones (excluding diaryl/α,β-unsaturated/α-hetero) is 1. The van der Waals surface area contributed by atoms with E-state index in [4.69, 9.17) is 16.3 Å². The van der Waals surface area contributed by atoms with Crippen LogP contribution in [0.25, 0.3) is 0 Å². The Bertz CT molecular complexity index is 860. The molecule has 1 heterocycles. The first-order valence-electron chi connectivity index (χ1n) is 6.79. The van der Waals surface area contributed by atoms with Crippen molar-refractivity contribution in [2.75, 3.05) is 20.7 Å². The summed E-state index contributed by atoms with van der Waals surface area (Å²) in [6.07, 6.45) is 1.57. The number of H-pyrrole nitrogens is 1. The number of sulfonamides is 1. The third kappa shape index (κ3) is 3.84. The van der Waals surface area contributed by atoms with E-state index in [9.17, 15) is 18.0 Å². The summed E-state index contributed by atoms with van der Waals surface area (Å²) >= 11 is 5.94. The number of aromatic amines is 1. The molecule has 0 atom stereocenters. The average Bonchev–Trinajstić information content (AvgIpc) is 3.06. The maximum Gasteiger partial charge on any atom is 0.340 e. The molecule has 0 amide bonds. The second-order valence-electron chi connectivity index (χ2n) is 5.01. The van der Waals surface area contributed by atoms with Gasteiger partial charge in [0.2, 0.25) is 15.8 Å². The van der Waals surface area contributed by atoms with Gasteiger partial charge >= 0.3 is 5.97 Å². The number of nitrogens with zero attached hydrogens (tertiary/aromatic N) is 1. The molecule has 0 aliphatic heterocycles. The molecule has 9 heteroatoms. The predicted molar refractivity (Wildman–Crippen MR) is 87.7 cm³/mol. The van der Waals surface area contributed by atoms with E-state index in [-0.39, 0.29) is 15.5 Å². The smallest absolute Gasteiger partial charge is 0.340 e. The number of halogens is 1. The summed E-state index contributed by atoms with van der Waals surface area (Å²) in [5.74, 6) is -1.29. The van der Waals surface area contributed by atoms with Crippen molar-refractivity contribution in [3.05, 3.63) is 52.8 Å². The van der Waals surface area contributed by atoms with Gasteiger partial charge in [-0.3, -0.25) is 4.79 Å². The minimum absolute atomic E-state index is 0.0324. The molecule has 7 nitrogen and oxygen atoms in total. The second kappa shape index (κ2) is 7.16. The largest absolute Gasteiger partial charge is 0.454 e. The van der Waals surface area contributed by atoms with Crippen LogP contribution in [0.15, 0.2) is 41.4 Å². The highest BCUT2D eigenvalue weighted by Crippen LogP contribution is 2.23. The highest BCUT2D eigenvalue weighted by Gasteiger charge is 2.22. The molecule has 1 N–H and O–H groups in total. The monoisotopic (exact) mass is 370 g/mol. The molecule has 2 rings (SSSR count). The second-order valence-corrected chi connectivity index (χ2v) is 7.57. The summed E-state index contributed by atoms with van der Waals surface area (Å²) in [6, 6.07) is 6.90. The molecule has 0 radical (unpaired) electrons. The number of esters is 1. The zero-order valence-corrected chi connectivity index (χ0v) is 14.5. The topological polar surface area (TPSA) is 96.5 Å². The van der Waals surface area contributed by atoms with Crippen LogP contribution in [-0.4, -0.2) is 50.2 Å². The summed E-state index contributed by atoms with van der Waals surface area (Å²) in [7, 11) is -0.977. The van der Waals surface area contributed by atoms with Gasteiger partial charge in [0, 0.05) is 20.3 Å². The van der Waals surface area contributed by atoms with Gasteiger partial charge in [0.25, 0.3) is 0 Å². The number of ether oxygens (including phenoxy) is 1. The molecular weight excluding hydrogens is 356 g/mol. The molecular formula is C15H15ClN2O5S. The number of carbonyl (C=O) groups excluding carboxylic acids is 2. The van der Waals surface area contributed by atoms with E-state index in [0.29, 0.717) is 5.69 Å². The van der Waals surface area contributed by atoms with Gasteiger partial charge in [-0.25, -0.2) is 17.5 Å². The molecule has 0 saturated carbocycles. The van der Waals surface area contributed by atoms with Crippen LogP contribution in [0.5, 0.6) is 0 Å². The standard InChI is InChI=1S/C15H15ClN2O5S/c1-18(2)24(21,22)10-5-6-12(16)11(8-10)15(20)23-9-14(19)13-4-3-7-17-13/h3-8,17H,9H2,1-2H3. The SMILES string of the molecule is CN(C)S(=O)(=O)c1ccc(Cl)c(C(=O)OCC(=O)c2ccc[nH]2)c1. The molecule has 1 aromatic carbocycles. The normalized spacial score (nSPS) is 11.5. The van der Waals surface area contributed by atoms with Gasteiger partial charge < -0.3 is 9.72 Å². The Morgan fingerprint density at radius 2 is 1.96 bits per heavy atom. The molecule has 0 aliphatic carbocycles. The Kier molecular flexibility index (Phi) is 5.43. The first-order valence-corrected chi connectivity index (χ1v) is 8.61. The zero-order chi connectivity index (χ0) is 17.9. The molecule has 1 aromatic heterocycles. The van der Waals surface area contributed by atoms with Gasteiger partial charge in [0.15, 0.2) is 6.61 Å². The number of rotatable bonds is 6. The van der Waals surface area contributed by atoms with Crippen LogP contribution in [0.3, 0.4) is 0 Å². The maximum absolute atomic E-state index is 12.1. The number of nitrogens with one attached hydrogen (secondary N) is 1. The molecule has 0 fully saturated rings. The lowest BCUT2D eigenvalue weighted by Gasteiger charge is -2.13. The average molecular weight is 371 g/mol. The Morgan fingerprint density at radius 1 is 1.25 bits per heavy atom. The van der Waals surface area contributed by atoms with Gasteiger partial charge in [-0.1, -0.05) is 11.6 Å². The van der Waals surface area contributed by atoms with Crippen LogP contribution in [0.1, 0.15) is 20.8 Å². The Hall–Kier alpha value is -2.16. The van der Waals surface area contributed by atoms with Crippen molar-refractivity contribution >= 4 is 33.4 Å². The van der Waals surface area contributed by atoms with Gasteiger partial charge in [0.1, 0.15) is 0 Å². The van der Waals surface area contributed by atoms with Gasteiger partial charge in [-0.15, -0.1) is 0 Å². The van der Waals surface area contributed by atoms with Crippen LogP contribution in [0, 0.1) is 0 Å². The molecule has 24 heavy (non-hydrogen) atoms. The van der Waals surface area contributed by atoms with E-state index in [1.54, 1.807) is 18.3 Å². The van der Waals surface area contributed by atoms with Gasteiger partial charge in [0.05, 0.1) is 21.2 Å². The fourth-order valence-electron chi connectivity index (χ4n) is 1.82. The lowest BCUT2D eigenvalue weighted by molar-refractivity contribution is 0.0473. The number of hydrogen-bond donors (Lipinski definition) is 1. The van der Waals surface area contributed by atoms with E-state index >= 15 is 0 Å². The van der Waals surface area contributed by atoms with E-state index in [2.05, 4.69) is 4.98 Å². The fourth-order valence-corrected chi connectivity index (χ4v) is 2.95. The minimum atomic E-state index is -3.72. The number of carbonyl (C=O) groups is 2. The number of hydrogen-bond acceptors (Lipinski definition) is 5. The Balaban J connectivity index is 2.19. The molecule has 0 spiro atoms. The summed E-state index contributed by atoms with van der Waals surface area (Å²) in [4.78, 5) is 26.5. The highest BCUT2D eigenvalue weighted by atomic mass is 35.5. The van der Waals surface area contributed by atoms with Crippen LogP contribution >= 0.6 is 11.6 Å². The van der Waals surface area contributed by atoms with Crippen molar-refractivity contribution in [3.8, 4) is 0 Å². The van der Waals surface area contributed by atoms with Gasteiger partial charge in [-0.2, -0.15) is 0 Å². The third-order valence-corrected chi connectivity index (χ3v) is 5.31. The third-order valence-electron chi connectivity index (χ3n) is 3.17. The van der Waals surface area contributed by atoms with Gasteiger partial charge in [-0.05, 0) is 30.3 Å². The number of ketones is 1. The molecule has 0 bridgehead atoms. The van der Waals surface area contributed by atoms with E-state index in [0.717, 1.165) is 10.4 Å². The van der Waals surface area contributed by atoms with Crippen LogP contribution < -0.4 is 0 Å². The van der Waals surface area contributed by atoms with Crippen molar-refractivity contribution in [1.29, 1.82) is 0 Å². The first kappa shape index (κ1) is 18.2. The molecule has 2 aromatic rings. The van der Waals surface area contributed by atoms with Crippen molar-refractivity contribution < 1.29 is 22.7 Å². The van der Waals surface area contributed by atoms with Crippen LogP contribution in [0.4, 0.5) is 0 Å². The Morgan fingerprint density at radius 3 is 2.54 bits per heavy atom. The lowest BCUT2D eigenvalue weighted by Crippen LogP contribution is -2.22. The predicted octanol–water partition coefficient (Wildman–Crippen LogP) is 1.96. The zero-order valence-electron chi connectivity index (χ0n) is 12.9. The van der Waals surface area contributed by atoms with E-state index in [1.165, 1.54) is 26.2 Å². The summed E-state index contributed by atoms with van der Waals surface area (Å²) in [5.41, 5.74) is 0.178. The van der Waals surface area contributed by atoms with Crippen molar-refractivity contribution in [2.24, 2.45) is 0 Å². The Labute approximate surface area is 144 Å². The number of aromatic nitrogens is 1. The lowest BCUT2D eigenvalue weighted by atomic mass is 10.2.